The SMILES string of the molecule is c1csc(CN2CCc3onc(COCC4CC4)c3C2)c1. The van der Waals surface area contributed by atoms with Crippen LogP contribution in [0, 0.1) is 5.92 Å². The van der Waals surface area contributed by atoms with E-state index in [1.807, 2.05) is 11.3 Å². The van der Waals surface area contributed by atoms with Gasteiger partial charge in [-0.15, -0.1) is 11.3 Å². The summed E-state index contributed by atoms with van der Waals surface area (Å²) in [5.74, 6) is 1.85. The van der Waals surface area contributed by atoms with E-state index in [9.17, 15) is 0 Å². The lowest BCUT2D eigenvalue weighted by Crippen LogP contribution is -2.29. The lowest BCUT2D eigenvalue weighted by atomic mass is 10.1. The summed E-state index contributed by atoms with van der Waals surface area (Å²) in [6.45, 7) is 4.47. The lowest BCUT2D eigenvalue weighted by molar-refractivity contribution is 0.105. The van der Waals surface area contributed by atoms with Crippen LogP contribution in [0.3, 0.4) is 0 Å². The molecule has 112 valence electrons. The molecule has 5 heteroatoms. The van der Waals surface area contributed by atoms with Gasteiger partial charge in [0.05, 0.1) is 6.61 Å². The van der Waals surface area contributed by atoms with Gasteiger partial charge >= 0.3 is 0 Å². The van der Waals surface area contributed by atoms with Crippen molar-refractivity contribution in [3.05, 3.63) is 39.4 Å². The van der Waals surface area contributed by atoms with E-state index in [0.717, 1.165) is 50.0 Å². The van der Waals surface area contributed by atoms with Crippen LogP contribution >= 0.6 is 11.3 Å². The van der Waals surface area contributed by atoms with Gasteiger partial charge in [0, 0.05) is 43.1 Å². The molecule has 21 heavy (non-hydrogen) atoms. The Bertz CT molecular complexity index is 589. The first-order chi connectivity index (χ1) is 10.4. The van der Waals surface area contributed by atoms with Crippen molar-refractivity contribution in [2.75, 3.05) is 13.2 Å². The molecule has 0 radical (unpaired) electrons. The monoisotopic (exact) mass is 304 g/mol. The van der Waals surface area contributed by atoms with Crippen molar-refractivity contribution in [3.63, 3.8) is 0 Å². The molecule has 1 fully saturated rings. The summed E-state index contributed by atoms with van der Waals surface area (Å²) in [6.07, 6.45) is 3.60. The van der Waals surface area contributed by atoms with Crippen LogP contribution in [0.5, 0.6) is 0 Å². The minimum Gasteiger partial charge on any atom is -0.375 e. The highest BCUT2D eigenvalue weighted by Crippen LogP contribution is 2.30. The molecule has 4 rings (SSSR count). The van der Waals surface area contributed by atoms with Crippen molar-refractivity contribution < 1.29 is 9.26 Å². The molecule has 0 bridgehead atoms. The molecule has 0 atom stereocenters. The second kappa shape index (κ2) is 5.91. The van der Waals surface area contributed by atoms with E-state index in [1.54, 1.807) is 0 Å². The van der Waals surface area contributed by atoms with Crippen LogP contribution < -0.4 is 0 Å². The van der Waals surface area contributed by atoms with Gasteiger partial charge in [-0.3, -0.25) is 4.90 Å². The summed E-state index contributed by atoms with van der Waals surface area (Å²) < 4.78 is 11.3. The zero-order valence-corrected chi connectivity index (χ0v) is 12.9. The van der Waals surface area contributed by atoms with E-state index in [0.29, 0.717) is 6.61 Å². The Morgan fingerprint density at radius 1 is 1.43 bits per heavy atom. The fourth-order valence-corrected chi connectivity index (χ4v) is 3.54. The average molecular weight is 304 g/mol. The minimum absolute atomic E-state index is 0.599. The Labute approximate surface area is 128 Å². The van der Waals surface area contributed by atoms with Crippen LogP contribution in [0.15, 0.2) is 22.0 Å². The number of ether oxygens (including phenoxy) is 1. The third-order valence-electron chi connectivity index (χ3n) is 4.24. The third kappa shape index (κ3) is 3.20. The van der Waals surface area contributed by atoms with Crippen LogP contribution in [0.2, 0.25) is 0 Å². The number of nitrogens with zero attached hydrogens (tertiary/aromatic N) is 2. The fraction of sp³-hybridized carbons (Fsp3) is 0.562. The molecule has 3 heterocycles. The minimum atomic E-state index is 0.599. The van der Waals surface area contributed by atoms with Crippen LogP contribution in [0.1, 0.15) is 34.7 Å². The van der Waals surface area contributed by atoms with Gasteiger partial charge in [0.1, 0.15) is 11.5 Å². The molecule has 1 aliphatic carbocycles. The first-order valence-electron chi connectivity index (χ1n) is 7.67. The van der Waals surface area contributed by atoms with Crippen LogP contribution in [-0.4, -0.2) is 23.2 Å². The summed E-state index contributed by atoms with van der Waals surface area (Å²) in [5.41, 5.74) is 2.26. The molecule has 2 aliphatic rings. The van der Waals surface area contributed by atoms with Gasteiger partial charge in [0.2, 0.25) is 0 Å². The molecule has 4 nitrogen and oxygen atoms in total. The molecule has 1 saturated carbocycles. The van der Waals surface area contributed by atoms with E-state index in [2.05, 4.69) is 27.6 Å². The maximum Gasteiger partial charge on any atom is 0.142 e. The van der Waals surface area contributed by atoms with Crippen molar-refractivity contribution in [1.29, 1.82) is 0 Å². The molecular weight excluding hydrogens is 284 g/mol. The van der Waals surface area contributed by atoms with Crippen molar-refractivity contribution in [3.8, 4) is 0 Å². The van der Waals surface area contributed by atoms with Gasteiger partial charge in [0.15, 0.2) is 0 Å². The fourth-order valence-electron chi connectivity index (χ4n) is 2.80. The summed E-state index contributed by atoms with van der Waals surface area (Å²) in [7, 11) is 0. The van der Waals surface area contributed by atoms with E-state index in [4.69, 9.17) is 9.26 Å². The van der Waals surface area contributed by atoms with Gasteiger partial charge in [-0.1, -0.05) is 11.2 Å². The zero-order valence-electron chi connectivity index (χ0n) is 12.1. The second-order valence-corrected chi connectivity index (χ2v) is 7.06. The Kier molecular flexibility index (Phi) is 3.80. The maximum atomic E-state index is 5.77. The molecule has 0 unspecified atom stereocenters. The number of fused-ring (bicyclic) bond motifs is 1. The van der Waals surface area contributed by atoms with E-state index in [1.165, 1.54) is 23.3 Å². The van der Waals surface area contributed by atoms with Crippen molar-refractivity contribution in [2.24, 2.45) is 5.92 Å². The number of rotatable bonds is 6. The molecular formula is C16H20N2O2S. The van der Waals surface area contributed by atoms with Gasteiger partial charge in [-0.25, -0.2) is 0 Å². The first-order valence-corrected chi connectivity index (χ1v) is 8.55. The first kappa shape index (κ1) is 13.5. The zero-order chi connectivity index (χ0) is 14.1. The van der Waals surface area contributed by atoms with Gasteiger partial charge in [-0.05, 0) is 30.2 Å². The van der Waals surface area contributed by atoms with Crippen molar-refractivity contribution in [1.82, 2.24) is 10.1 Å². The number of hydrogen-bond acceptors (Lipinski definition) is 5. The Hall–Kier alpha value is -1.17. The summed E-state index contributed by atoms with van der Waals surface area (Å²) in [6, 6.07) is 4.32. The molecule has 0 saturated heterocycles. The average Bonchev–Trinajstić information content (AvgIpc) is 3.02. The third-order valence-corrected chi connectivity index (χ3v) is 5.10. The Morgan fingerprint density at radius 3 is 3.19 bits per heavy atom. The molecule has 1 aliphatic heterocycles. The quantitative estimate of drug-likeness (QED) is 0.821. The molecule has 0 amide bonds. The number of hydrogen-bond donors (Lipinski definition) is 0. The van der Waals surface area contributed by atoms with Crippen LogP contribution in [0.4, 0.5) is 0 Å². The molecule has 0 spiro atoms. The largest absolute Gasteiger partial charge is 0.375 e. The molecule has 2 aromatic heterocycles. The summed E-state index contributed by atoms with van der Waals surface area (Å²) >= 11 is 1.82. The number of aromatic nitrogens is 1. The van der Waals surface area contributed by atoms with E-state index in [-0.39, 0.29) is 0 Å². The highest BCUT2D eigenvalue weighted by Gasteiger charge is 2.25. The van der Waals surface area contributed by atoms with E-state index >= 15 is 0 Å². The predicted molar refractivity (Wildman–Crippen MR) is 81.0 cm³/mol. The van der Waals surface area contributed by atoms with Crippen molar-refractivity contribution in [2.45, 2.75) is 39.0 Å². The number of thiophene rings is 1. The van der Waals surface area contributed by atoms with Gasteiger partial charge < -0.3 is 9.26 Å². The predicted octanol–water partition coefficient (Wildman–Crippen LogP) is 3.22. The van der Waals surface area contributed by atoms with Gasteiger partial charge in [0.25, 0.3) is 0 Å². The van der Waals surface area contributed by atoms with Gasteiger partial charge in [-0.2, -0.15) is 0 Å². The van der Waals surface area contributed by atoms with Crippen LogP contribution in [0.25, 0.3) is 0 Å². The highest BCUT2D eigenvalue weighted by molar-refractivity contribution is 7.09. The smallest absolute Gasteiger partial charge is 0.142 e. The summed E-state index contributed by atoms with van der Waals surface area (Å²) in [4.78, 5) is 3.89. The Balaban J connectivity index is 1.39. The topological polar surface area (TPSA) is 38.5 Å². The van der Waals surface area contributed by atoms with Crippen LogP contribution in [-0.2, 0) is 30.9 Å². The molecule has 0 aromatic carbocycles. The standard InChI is InChI=1S/C16H20N2O2S/c1-2-13(21-7-1)8-18-6-5-16-14(9-18)15(17-20-16)11-19-10-12-3-4-12/h1-2,7,12H,3-6,8-11H2. The Morgan fingerprint density at radius 2 is 2.38 bits per heavy atom. The second-order valence-electron chi connectivity index (χ2n) is 6.03. The maximum absolute atomic E-state index is 5.77. The normalized spacial score (nSPS) is 18.9. The highest BCUT2D eigenvalue weighted by atomic mass is 32.1. The molecule has 0 N–H and O–H groups in total. The lowest BCUT2D eigenvalue weighted by Gasteiger charge is -2.25. The van der Waals surface area contributed by atoms with E-state index < -0.39 is 0 Å². The molecule has 2 aromatic rings. The summed E-state index contributed by atoms with van der Waals surface area (Å²) in [5, 5.41) is 6.36. The van der Waals surface area contributed by atoms with Crippen molar-refractivity contribution >= 4 is 11.3 Å².